The number of aromatic nitrogens is 2. The van der Waals surface area contributed by atoms with E-state index in [0.717, 1.165) is 56.7 Å². The highest BCUT2D eigenvalue weighted by Crippen LogP contribution is 2.39. The van der Waals surface area contributed by atoms with E-state index in [1.165, 1.54) is 5.56 Å². The lowest BCUT2D eigenvalue weighted by Gasteiger charge is -2.39. The van der Waals surface area contributed by atoms with Gasteiger partial charge in [-0.3, -0.25) is 14.4 Å². The van der Waals surface area contributed by atoms with Gasteiger partial charge in [-0.1, -0.05) is 36.4 Å². The van der Waals surface area contributed by atoms with Crippen molar-refractivity contribution in [1.29, 1.82) is 0 Å². The maximum Gasteiger partial charge on any atom is 0.228 e. The summed E-state index contributed by atoms with van der Waals surface area (Å²) in [6.07, 6.45) is 6.95. The van der Waals surface area contributed by atoms with E-state index in [2.05, 4.69) is 47.1 Å². The molecule has 0 aliphatic carbocycles. The van der Waals surface area contributed by atoms with Crippen LogP contribution in [0.15, 0.2) is 49.2 Å². The Hall–Kier alpha value is -2.40. The molecule has 5 heteroatoms. The van der Waals surface area contributed by atoms with Gasteiger partial charge in [0.1, 0.15) is 0 Å². The Labute approximate surface area is 161 Å². The van der Waals surface area contributed by atoms with E-state index >= 15 is 0 Å². The Bertz CT molecular complexity index is 818. The van der Waals surface area contributed by atoms with E-state index in [-0.39, 0.29) is 17.4 Å². The molecule has 1 aromatic heterocycles. The van der Waals surface area contributed by atoms with Gasteiger partial charge in [-0.05, 0) is 31.7 Å². The van der Waals surface area contributed by atoms with Gasteiger partial charge < -0.3 is 5.32 Å². The molecule has 3 heterocycles. The third-order valence-electron chi connectivity index (χ3n) is 6.07. The van der Waals surface area contributed by atoms with Gasteiger partial charge >= 0.3 is 0 Å². The Morgan fingerprint density at radius 1 is 1.30 bits per heavy atom. The number of nitrogens with one attached hydrogen (secondary N) is 1. The van der Waals surface area contributed by atoms with Crippen molar-refractivity contribution >= 4 is 5.91 Å². The minimum atomic E-state index is -0.0316. The molecule has 2 aliphatic rings. The maximum absolute atomic E-state index is 12.6. The quantitative estimate of drug-likeness (QED) is 0.830. The molecule has 142 valence electrons. The summed E-state index contributed by atoms with van der Waals surface area (Å²) in [6, 6.07) is 10.2. The zero-order chi connectivity index (χ0) is 18.9. The fourth-order valence-electron chi connectivity index (χ4n) is 4.49. The first-order valence-corrected chi connectivity index (χ1v) is 9.82. The standard InChI is InChI=1S/C22H28N4O/c1-3-11-26-16-19(17(2)24-26)15-25-12-9-22(10-13-25)14-20(21(27)23-22)18-7-5-4-6-8-18/h3-8,16,20H,1,9-15H2,2H3,(H,23,27)/t20-/m0/s1. The first-order chi connectivity index (χ1) is 13.1. The molecule has 1 amide bonds. The van der Waals surface area contributed by atoms with Gasteiger partial charge in [0, 0.05) is 36.9 Å². The molecule has 1 N–H and O–H groups in total. The topological polar surface area (TPSA) is 50.2 Å². The molecule has 1 atom stereocenters. The zero-order valence-corrected chi connectivity index (χ0v) is 16.0. The zero-order valence-electron chi connectivity index (χ0n) is 16.0. The normalized spacial score (nSPS) is 22.1. The van der Waals surface area contributed by atoms with Crippen LogP contribution in [0.5, 0.6) is 0 Å². The van der Waals surface area contributed by atoms with Crippen molar-refractivity contribution in [3.8, 4) is 0 Å². The molecule has 2 fully saturated rings. The second-order valence-electron chi connectivity index (χ2n) is 7.96. The third kappa shape index (κ3) is 3.69. The number of aryl methyl sites for hydroxylation is 1. The van der Waals surface area contributed by atoms with Crippen LogP contribution in [0.3, 0.4) is 0 Å². The van der Waals surface area contributed by atoms with Gasteiger partial charge in [-0.2, -0.15) is 5.10 Å². The number of nitrogens with zero attached hydrogens (tertiary/aromatic N) is 3. The van der Waals surface area contributed by atoms with Crippen LogP contribution >= 0.6 is 0 Å². The molecule has 1 aromatic carbocycles. The first-order valence-electron chi connectivity index (χ1n) is 9.82. The molecule has 4 rings (SSSR count). The Kier molecular flexibility index (Phi) is 4.87. The van der Waals surface area contributed by atoms with E-state index in [9.17, 15) is 4.79 Å². The van der Waals surface area contributed by atoms with Crippen LogP contribution in [0.2, 0.25) is 0 Å². The smallest absolute Gasteiger partial charge is 0.228 e. The van der Waals surface area contributed by atoms with Gasteiger partial charge in [-0.15, -0.1) is 6.58 Å². The van der Waals surface area contributed by atoms with Crippen LogP contribution < -0.4 is 5.32 Å². The molecule has 2 aromatic rings. The van der Waals surface area contributed by atoms with Crippen LogP contribution in [0.4, 0.5) is 0 Å². The monoisotopic (exact) mass is 364 g/mol. The molecule has 27 heavy (non-hydrogen) atoms. The highest BCUT2D eigenvalue weighted by molar-refractivity contribution is 5.87. The van der Waals surface area contributed by atoms with Crippen LogP contribution in [-0.4, -0.2) is 39.2 Å². The minimum absolute atomic E-state index is 0.00266. The lowest BCUT2D eigenvalue weighted by Crippen LogP contribution is -2.50. The van der Waals surface area contributed by atoms with Gasteiger partial charge in [0.25, 0.3) is 0 Å². The lowest BCUT2D eigenvalue weighted by atomic mass is 9.82. The molecule has 0 unspecified atom stereocenters. The summed E-state index contributed by atoms with van der Waals surface area (Å²) in [5, 5.41) is 7.89. The summed E-state index contributed by atoms with van der Waals surface area (Å²) in [5.41, 5.74) is 3.48. The molecule has 0 radical (unpaired) electrons. The Balaban J connectivity index is 1.38. The van der Waals surface area contributed by atoms with E-state index in [1.807, 2.05) is 29.0 Å². The van der Waals surface area contributed by atoms with Crippen LogP contribution in [0, 0.1) is 6.92 Å². The van der Waals surface area contributed by atoms with Crippen molar-refractivity contribution in [3.63, 3.8) is 0 Å². The first kappa shape index (κ1) is 18.0. The largest absolute Gasteiger partial charge is 0.350 e. The Morgan fingerprint density at radius 2 is 2.04 bits per heavy atom. The average molecular weight is 364 g/mol. The molecule has 2 saturated heterocycles. The second kappa shape index (κ2) is 7.31. The number of carbonyl (C=O) groups excluding carboxylic acids is 1. The number of rotatable bonds is 5. The number of benzene rings is 1. The molecular weight excluding hydrogens is 336 g/mol. The predicted octanol–water partition coefficient (Wildman–Crippen LogP) is 3.02. The number of piperidine rings is 1. The molecule has 1 spiro atoms. The van der Waals surface area contributed by atoms with Crippen molar-refractivity contribution in [3.05, 3.63) is 66.0 Å². The maximum atomic E-state index is 12.6. The highest BCUT2D eigenvalue weighted by atomic mass is 16.2. The fraction of sp³-hybridized carbons (Fsp3) is 0.455. The molecule has 0 bridgehead atoms. The lowest BCUT2D eigenvalue weighted by molar-refractivity contribution is -0.121. The van der Waals surface area contributed by atoms with Crippen LogP contribution in [-0.2, 0) is 17.9 Å². The summed E-state index contributed by atoms with van der Waals surface area (Å²) in [7, 11) is 0. The number of carbonyl (C=O) groups is 1. The summed E-state index contributed by atoms with van der Waals surface area (Å²) >= 11 is 0. The van der Waals surface area contributed by atoms with Gasteiger partial charge in [0.2, 0.25) is 5.91 Å². The third-order valence-corrected chi connectivity index (χ3v) is 6.07. The number of allylic oxidation sites excluding steroid dienone is 1. The molecule has 5 nitrogen and oxygen atoms in total. The summed E-state index contributed by atoms with van der Waals surface area (Å²) in [4.78, 5) is 15.1. The summed E-state index contributed by atoms with van der Waals surface area (Å²) < 4.78 is 1.95. The van der Waals surface area contributed by atoms with Gasteiger partial charge in [0.15, 0.2) is 0 Å². The van der Waals surface area contributed by atoms with E-state index in [0.29, 0.717) is 0 Å². The van der Waals surface area contributed by atoms with E-state index < -0.39 is 0 Å². The highest BCUT2D eigenvalue weighted by Gasteiger charge is 2.46. The number of likely N-dealkylation sites (tertiary alicyclic amines) is 1. The van der Waals surface area contributed by atoms with E-state index in [4.69, 9.17) is 0 Å². The number of hydrogen-bond donors (Lipinski definition) is 1. The summed E-state index contributed by atoms with van der Waals surface area (Å²) in [5.74, 6) is 0.188. The average Bonchev–Trinajstić information content (AvgIpc) is 3.18. The van der Waals surface area contributed by atoms with Crippen molar-refractivity contribution in [2.45, 2.75) is 50.7 Å². The number of amides is 1. The SMILES string of the molecule is C=CCn1cc(CN2CCC3(CC2)C[C@@H](c2ccccc2)C(=O)N3)c(C)n1. The molecule has 2 aliphatic heterocycles. The fourth-order valence-corrected chi connectivity index (χ4v) is 4.49. The van der Waals surface area contributed by atoms with Crippen LogP contribution in [0.1, 0.15) is 42.0 Å². The van der Waals surface area contributed by atoms with Crippen molar-refractivity contribution in [2.24, 2.45) is 0 Å². The molecule has 0 saturated carbocycles. The van der Waals surface area contributed by atoms with Gasteiger partial charge in [-0.25, -0.2) is 0 Å². The molecular formula is C22H28N4O. The second-order valence-corrected chi connectivity index (χ2v) is 7.96. The summed E-state index contributed by atoms with van der Waals surface area (Å²) in [6.45, 7) is 9.54. The predicted molar refractivity (Wildman–Crippen MR) is 106 cm³/mol. The van der Waals surface area contributed by atoms with Crippen LogP contribution in [0.25, 0.3) is 0 Å². The van der Waals surface area contributed by atoms with Crippen molar-refractivity contribution < 1.29 is 4.79 Å². The minimum Gasteiger partial charge on any atom is -0.350 e. The van der Waals surface area contributed by atoms with Crippen molar-refractivity contribution in [1.82, 2.24) is 20.0 Å². The van der Waals surface area contributed by atoms with Crippen molar-refractivity contribution in [2.75, 3.05) is 13.1 Å². The number of hydrogen-bond acceptors (Lipinski definition) is 3. The van der Waals surface area contributed by atoms with Gasteiger partial charge in [0.05, 0.1) is 18.2 Å². The van der Waals surface area contributed by atoms with E-state index in [1.54, 1.807) is 0 Å². The Morgan fingerprint density at radius 3 is 2.74 bits per heavy atom.